The van der Waals surface area contributed by atoms with Crippen LogP contribution in [0.5, 0.6) is 0 Å². The number of carbonyl (C=O) groups excluding carboxylic acids is 1. The van der Waals surface area contributed by atoms with E-state index in [4.69, 9.17) is 9.84 Å². The van der Waals surface area contributed by atoms with Crippen LogP contribution in [0.3, 0.4) is 0 Å². The first-order chi connectivity index (χ1) is 12.7. The van der Waals surface area contributed by atoms with Crippen LogP contribution in [0.2, 0.25) is 0 Å². The third-order valence-electron chi connectivity index (χ3n) is 3.71. The Bertz CT molecular complexity index is 871. The molecule has 1 saturated heterocycles. The highest BCUT2D eigenvalue weighted by molar-refractivity contribution is 5.99. The number of carboxylic acid groups (broad SMARTS) is 1. The van der Waals surface area contributed by atoms with Crippen molar-refractivity contribution < 1.29 is 37.7 Å². The van der Waals surface area contributed by atoms with E-state index in [0.717, 1.165) is 21.8 Å². The molecule has 10 nitrogen and oxygen atoms in total. The van der Waals surface area contributed by atoms with Crippen LogP contribution in [-0.2, 0) is 20.5 Å². The molecule has 0 aliphatic carbocycles. The van der Waals surface area contributed by atoms with E-state index in [1.54, 1.807) is 0 Å². The Morgan fingerprint density at radius 2 is 2.15 bits per heavy atom. The Kier molecular flexibility index (Phi) is 4.80. The molecule has 1 amide bonds. The summed E-state index contributed by atoms with van der Waals surface area (Å²) in [6, 6.07) is 2.09. The van der Waals surface area contributed by atoms with Crippen molar-refractivity contribution in [3.05, 3.63) is 30.2 Å². The summed E-state index contributed by atoms with van der Waals surface area (Å²) in [5.41, 5.74) is -1.24. The summed E-state index contributed by atoms with van der Waals surface area (Å²) in [4.78, 5) is 24.3. The van der Waals surface area contributed by atoms with Crippen molar-refractivity contribution in [3.8, 4) is 5.69 Å². The van der Waals surface area contributed by atoms with Crippen LogP contribution in [0.4, 0.5) is 19.0 Å². The first-order valence-corrected chi connectivity index (χ1v) is 7.48. The molecule has 3 heterocycles. The highest BCUT2D eigenvalue weighted by atomic mass is 19.4. The predicted molar refractivity (Wildman–Crippen MR) is 79.9 cm³/mol. The second-order valence-electron chi connectivity index (χ2n) is 5.48. The lowest BCUT2D eigenvalue weighted by atomic mass is 10.1. The maximum Gasteiger partial charge on any atom is 0.435 e. The van der Waals surface area contributed by atoms with E-state index in [1.165, 1.54) is 12.3 Å². The highest BCUT2D eigenvalue weighted by Gasteiger charge is 2.40. The quantitative estimate of drug-likeness (QED) is 0.741. The molecule has 0 radical (unpaired) electrons. The van der Waals surface area contributed by atoms with Crippen LogP contribution in [0.15, 0.2) is 24.5 Å². The number of ether oxygens (including phenoxy) is 1. The number of morpholine rings is 1. The molecule has 0 aromatic carbocycles. The molecule has 1 unspecified atom stereocenters. The number of aliphatic hydroxyl groups excluding tert-OH is 1. The van der Waals surface area contributed by atoms with Gasteiger partial charge in [-0.05, 0) is 6.07 Å². The van der Waals surface area contributed by atoms with Gasteiger partial charge in [-0.3, -0.25) is 9.69 Å². The highest BCUT2D eigenvalue weighted by Crippen LogP contribution is 2.28. The fraction of sp³-hybridized carbons (Fsp3) is 0.357. The predicted octanol–water partition coefficient (Wildman–Crippen LogP) is -0.142. The van der Waals surface area contributed by atoms with Crippen molar-refractivity contribution in [2.24, 2.45) is 0 Å². The van der Waals surface area contributed by atoms with Crippen LogP contribution in [0.25, 0.3) is 5.69 Å². The Morgan fingerprint density at radius 1 is 1.41 bits per heavy atom. The monoisotopic (exact) mass is 387 g/mol. The Hall–Kier alpha value is -3.06. The first kappa shape index (κ1) is 18.7. The van der Waals surface area contributed by atoms with Gasteiger partial charge >= 0.3 is 12.1 Å². The average molecular weight is 387 g/mol. The number of halogens is 3. The van der Waals surface area contributed by atoms with E-state index < -0.39 is 36.0 Å². The number of carboxylic acids is 1. The summed E-state index contributed by atoms with van der Waals surface area (Å²) in [6.07, 6.45) is -5.98. The SMILES string of the molecule is O=C(O)[C@H](O)C1OCCN(c2ccn(-c3cnnc(C(F)(F)F)c3)n2)C1=O. The maximum absolute atomic E-state index is 12.7. The molecule has 13 heteroatoms. The molecule has 27 heavy (non-hydrogen) atoms. The van der Waals surface area contributed by atoms with Gasteiger partial charge in [0, 0.05) is 12.3 Å². The number of aliphatic hydroxyl groups is 1. The van der Waals surface area contributed by atoms with Crippen LogP contribution < -0.4 is 4.90 Å². The number of rotatable bonds is 4. The molecule has 1 fully saturated rings. The second kappa shape index (κ2) is 6.92. The van der Waals surface area contributed by atoms with Crippen molar-refractivity contribution in [3.63, 3.8) is 0 Å². The molecule has 2 aromatic rings. The molecular formula is C14H12F3N5O5. The van der Waals surface area contributed by atoms with E-state index >= 15 is 0 Å². The van der Waals surface area contributed by atoms with E-state index in [9.17, 15) is 27.9 Å². The first-order valence-electron chi connectivity index (χ1n) is 7.48. The smallest absolute Gasteiger partial charge is 0.435 e. The molecular weight excluding hydrogens is 375 g/mol. The number of aromatic nitrogens is 4. The lowest BCUT2D eigenvalue weighted by Crippen LogP contribution is -2.54. The lowest BCUT2D eigenvalue weighted by molar-refractivity contribution is -0.163. The molecule has 2 N–H and O–H groups in total. The Balaban J connectivity index is 1.85. The van der Waals surface area contributed by atoms with Crippen molar-refractivity contribution in [2.45, 2.75) is 18.4 Å². The van der Waals surface area contributed by atoms with E-state index in [-0.39, 0.29) is 24.7 Å². The van der Waals surface area contributed by atoms with Crippen molar-refractivity contribution in [1.29, 1.82) is 0 Å². The normalized spacial score (nSPS) is 19.2. The van der Waals surface area contributed by atoms with Crippen LogP contribution in [-0.4, -0.2) is 67.4 Å². The zero-order valence-corrected chi connectivity index (χ0v) is 13.4. The minimum absolute atomic E-state index is 0.0289. The van der Waals surface area contributed by atoms with Gasteiger partial charge in [0.2, 0.25) is 0 Å². The minimum atomic E-state index is -4.68. The van der Waals surface area contributed by atoms with Gasteiger partial charge in [0.25, 0.3) is 5.91 Å². The Morgan fingerprint density at radius 3 is 2.81 bits per heavy atom. The van der Waals surface area contributed by atoms with E-state index in [1.807, 2.05) is 0 Å². The molecule has 144 valence electrons. The second-order valence-corrected chi connectivity index (χ2v) is 5.48. The molecule has 0 saturated carbocycles. The number of aliphatic carboxylic acids is 1. The zero-order chi connectivity index (χ0) is 19.8. The van der Waals surface area contributed by atoms with E-state index in [2.05, 4.69) is 15.3 Å². The van der Waals surface area contributed by atoms with Crippen molar-refractivity contribution >= 4 is 17.7 Å². The molecule has 2 atom stereocenters. The van der Waals surface area contributed by atoms with Gasteiger partial charge in [-0.15, -0.1) is 10.2 Å². The molecule has 0 bridgehead atoms. The number of hydrogen-bond acceptors (Lipinski definition) is 7. The number of carbonyl (C=O) groups is 2. The largest absolute Gasteiger partial charge is 0.479 e. The summed E-state index contributed by atoms with van der Waals surface area (Å²) in [6.45, 7) is -0.0241. The van der Waals surface area contributed by atoms with Crippen LogP contribution in [0.1, 0.15) is 5.69 Å². The summed E-state index contributed by atoms with van der Waals surface area (Å²) in [7, 11) is 0. The number of alkyl halides is 3. The molecule has 3 rings (SSSR count). The molecule has 1 aliphatic heterocycles. The lowest BCUT2D eigenvalue weighted by Gasteiger charge is -2.31. The standard InChI is InChI=1S/C14H12F3N5O5/c15-14(16,17)8-5-7(6-18-19-8)22-2-1-9(20-22)21-3-4-27-11(12(21)24)10(23)13(25)26/h1-2,5-6,10-11,23H,3-4H2,(H,25,26)/t10-,11?/m1/s1. The van der Waals surface area contributed by atoms with Crippen LogP contribution >= 0.6 is 0 Å². The molecule has 2 aromatic heterocycles. The van der Waals surface area contributed by atoms with Gasteiger partial charge in [-0.25, -0.2) is 9.48 Å². The maximum atomic E-state index is 12.7. The minimum Gasteiger partial charge on any atom is -0.479 e. The molecule has 0 spiro atoms. The zero-order valence-electron chi connectivity index (χ0n) is 13.4. The fourth-order valence-electron chi connectivity index (χ4n) is 2.41. The third kappa shape index (κ3) is 3.73. The number of nitrogens with zero attached hydrogens (tertiary/aromatic N) is 5. The van der Waals surface area contributed by atoms with Gasteiger partial charge in [0.1, 0.15) is 0 Å². The topological polar surface area (TPSA) is 131 Å². The summed E-state index contributed by atoms with van der Waals surface area (Å²) in [5, 5.41) is 28.7. The third-order valence-corrected chi connectivity index (χ3v) is 3.71. The fourth-order valence-corrected chi connectivity index (χ4v) is 2.41. The molecule has 1 aliphatic rings. The number of hydrogen-bond donors (Lipinski definition) is 2. The van der Waals surface area contributed by atoms with E-state index in [0.29, 0.717) is 0 Å². The Labute approximate surface area is 148 Å². The van der Waals surface area contributed by atoms with Gasteiger partial charge < -0.3 is 14.9 Å². The van der Waals surface area contributed by atoms with Gasteiger partial charge in [-0.1, -0.05) is 0 Å². The summed E-state index contributed by atoms with van der Waals surface area (Å²) in [5.74, 6) is -2.40. The van der Waals surface area contributed by atoms with Crippen LogP contribution in [0, 0.1) is 0 Å². The average Bonchev–Trinajstić information content (AvgIpc) is 3.10. The number of amides is 1. The van der Waals surface area contributed by atoms with Gasteiger partial charge in [0.15, 0.2) is 23.7 Å². The van der Waals surface area contributed by atoms with Gasteiger partial charge in [0.05, 0.1) is 25.0 Å². The number of anilines is 1. The van der Waals surface area contributed by atoms with Crippen molar-refractivity contribution in [1.82, 2.24) is 20.0 Å². The summed E-state index contributed by atoms with van der Waals surface area (Å²) < 4.78 is 44.3. The summed E-state index contributed by atoms with van der Waals surface area (Å²) >= 11 is 0. The van der Waals surface area contributed by atoms with Gasteiger partial charge in [-0.2, -0.15) is 18.3 Å². The van der Waals surface area contributed by atoms with Crippen molar-refractivity contribution in [2.75, 3.05) is 18.1 Å².